The monoisotopic (exact) mass is 379 g/mol. The molecule has 0 bridgehead atoms. The Hall–Kier alpha value is -2.93. The zero-order valence-electron chi connectivity index (χ0n) is 14.5. The molecular formula is C20H18FN5S. The summed E-state index contributed by atoms with van der Waals surface area (Å²) in [6.45, 7) is 2.01. The van der Waals surface area contributed by atoms with Crippen LogP contribution in [0.25, 0.3) is 16.2 Å². The van der Waals surface area contributed by atoms with Crippen LogP contribution < -0.4 is 10.2 Å². The highest BCUT2D eigenvalue weighted by Crippen LogP contribution is 2.27. The number of nitrogens with zero attached hydrogens (tertiary/aromatic N) is 4. The molecule has 2 aromatic carbocycles. The molecule has 1 atom stereocenters. The number of para-hydroxylation sites is 1. The van der Waals surface area contributed by atoms with E-state index in [0.29, 0.717) is 6.04 Å². The predicted molar refractivity (Wildman–Crippen MR) is 107 cm³/mol. The second kappa shape index (κ2) is 6.66. The van der Waals surface area contributed by atoms with Crippen LogP contribution >= 0.6 is 11.3 Å². The van der Waals surface area contributed by atoms with Crippen molar-refractivity contribution in [2.75, 3.05) is 23.3 Å². The first-order chi connectivity index (χ1) is 13.2. The van der Waals surface area contributed by atoms with E-state index in [4.69, 9.17) is 0 Å². The van der Waals surface area contributed by atoms with Crippen LogP contribution in [0.3, 0.4) is 0 Å². The van der Waals surface area contributed by atoms with Gasteiger partial charge >= 0.3 is 0 Å². The lowest BCUT2D eigenvalue weighted by atomic mass is 10.2. The Balaban J connectivity index is 1.29. The first-order valence-electron chi connectivity index (χ1n) is 8.93. The number of anilines is 2. The molecule has 1 unspecified atom stereocenters. The van der Waals surface area contributed by atoms with Crippen molar-refractivity contribution in [2.45, 2.75) is 12.5 Å². The Morgan fingerprint density at radius 1 is 1.07 bits per heavy atom. The number of aromatic nitrogens is 3. The maximum absolute atomic E-state index is 13.1. The van der Waals surface area contributed by atoms with E-state index < -0.39 is 0 Å². The van der Waals surface area contributed by atoms with Gasteiger partial charge in [0.15, 0.2) is 0 Å². The first kappa shape index (κ1) is 16.3. The quantitative estimate of drug-likeness (QED) is 0.575. The number of imidazole rings is 1. The van der Waals surface area contributed by atoms with E-state index in [1.54, 1.807) is 16.6 Å². The molecule has 1 aliphatic rings. The molecule has 27 heavy (non-hydrogen) atoms. The molecule has 0 saturated carbocycles. The van der Waals surface area contributed by atoms with Crippen molar-refractivity contribution in [3.05, 3.63) is 66.6 Å². The molecule has 0 aliphatic carbocycles. The summed E-state index contributed by atoms with van der Waals surface area (Å²) in [7, 11) is 0. The molecule has 1 saturated heterocycles. The third kappa shape index (κ3) is 3.26. The van der Waals surface area contributed by atoms with E-state index in [2.05, 4.69) is 44.6 Å². The van der Waals surface area contributed by atoms with Crippen molar-refractivity contribution in [3.8, 4) is 11.3 Å². The molecule has 0 radical (unpaired) electrons. The summed E-state index contributed by atoms with van der Waals surface area (Å²) in [5.41, 5.74) is 2.95. The molecule has 0 amide bonds. The van der Waals surface area contributed by atoms with Gasteiger partial charge in [0, 0.05) is 30.4 Å². The second-order valence-corrected chi connectivity index (χ2v) is 7.63. The van der Waals surface area contributed by atoms with Crippen molar-refractivity contribution >= 4 is 27.1 Å². The summed E-state index contributed by atoms with van der Waals surface area (Å²) in [5, 5.41) is 9.02. The van der Waals surface area contributed by atoms with Gasteiger partial charge in [0.05, 0.1) is 11.9 Å². The SMILES string of the molecule is Fc1ccc(-c2cn3nc(NC4CCN(c5ccccc5)C4)sc3n2)cc1. The fraction of sp³-hybridized carbons (Fsp3) is 0.200. The van der Waals surface area contributed by atoms with Crippen molar-refractivity contribution in [1.29, 1.82) is 0 Å². The average Bonchev–Trinajstić information content (AvgIpc) is 3.38. The summed E-state index contributed by atoms with van der Waals surface area (Å²) in [6.07, 6.45) is 2.97. The highest BCUT2D eigenvalue weighted by molar-refractivity contribution is 7.20. The molecular weight excluding hydrogens is 361 g/mol. The fourth-order valence-electron chi connectivity index (χ4n) is 3.44. The number of hydrogen-bond acceptors (Lipinski definition) is 5. The molecule has 3 heterocycles. The summed E-state index contributed by atoms with van der Waals surface area (Å²) >= 11 is 1.54. The minimum Gasteiger partial charge on any atom is -0.369 e. The molecule has 136 valence electrons. The number of nitrogens with one attached hydrogen (secondary N) is 1. The third-order valence-electron chi connectivity index (χ3n) is 4.82. The van der Waals surface area contributed by atoms with Gasteiger partial charge in [-0.1, -0.05) is 29.5 Å². The first-order valence-corrected chi connectivity index (χ1v) is 9.75. The Morgan fingerprint density at radius 3 is 2.67 bits per heavy atom. The van der Waals surface area contributed by atoms with Gasteiger partial charge in [0.2, 0.25) is 10.1 Å². The van der Waals surface area contributed by atoms with E-state index in [1.807, 2.05) is 12.3 Å². The van der Waals surface area contributed by atoms with Crippen LogP contribution in [-0.4, -0.2) is 33.7 Å². The van der Waals surface area contributed by atoms with E-state index in [-0.39, 0.29) is 5.82 Å². The van der Waals surface area contributed by atoms with Gasteiger partial charge in [0.25, 0.3) is 0 Å². The molecule has 5 nitrogen and oxygen atoms in total. The molecule has 2 aromatic heterocycles. The maximum atomic E-state index is 13.1. The van der Waals surface area contributed by atoms with Crippen molar-refractivity contribution in [3.63, 3.8) is 0 Å². The standard InChI is InChI=1S/C20H18FN5S/c21-15-8-6-14(7-9-15)18-13-26-20(23-18)27-19(24-26)22-16-10-11-25(12-16)17-4-2-1-3-5-17/h1-9,13,16H,10-12H2,(H,22,24). The van der Waals surface area contributed by atoms with Crippen LogP contribution in [0, 0.1) is 5.82 Å². The van der Waals surface area contributed by atoms with Crippen molar-refractivity contribution in [1.82, 2.24) is 14.6 Å². The minimum absolute atomic E-state index is 0.245. The van der Waals surface area contributed by atoms with Gasteiger partial charge in [-0.2, -0.15) is 0 Å². The van der Waals surface area contributed by atoms with Crippen LogP contribution in [-0.2, 0) is 0 Å². The Morgan fingerprint density at radius 2 is 1.89 bits per heavy atom. The highest BCUT2D eigenvalue weighted by atomic mass is 32.1. The Bertz CT molecular complexity index is 1030. The second-order valence-electron chi connectivity index (χ2n) is 6.68. The lowest BCUT2D eigenvalue weighted by Gasteiger charge is -2.18. The van der Waals surface area contributed by atoms with Crippen LogP contribution in [0.1, 0.15) is 6.42 Å². The maximum Gasteiger partial charge on any atom is 0.214 e. The number of halogens is 1. The largest absolute Gasteiger partial charge is 0.369 e. The fourth-order valence-corrected chi connectivity index (χ4v) is 4.30. The van der Waals surface area contributed by atoms with Crippen LogP contribution in [0.4, 0.5) is 15.2 Å². The van der Waals surface area contributed by atoms with Gasteiger partial charge in [-0.05, 0) is 42.8 Å². The van der Waals surface area contributed by atoms with Crippen LogP contribution in [0.15, 0.2) is 60.8 Å². The van der Waals surface area contributed by atoms with E-state index in [0.717, 1.165) is 40.9 Å². The molecule has 1 N–H and O–H groups in total. The Labute approximate surface area is 160 Å². The topological polar surface area (TPSA) is 45.5 Å². The van der Waals surface area contributed by atoms with Gasteiger partial charge in [-0.25, -0.2) is 13.9 Å². The normalized spacial score (nSPS) is 16.9. The van der Waals surface area contributed by atoms with Gasteiger partial charge in [-0.3, -0.25) is 0 Å². The van der Waals surface area contributed by atoms with Crippen molar-refractivity contribution < 1.29 is 4.39 Å². The van der Waals surface area contributed by atoms with Gasteiger partial charge in [0.1, 0.15) is 5.82 Å². The molecule has 7 heteroatoms. The van der Waals surface area contributed by atoms with Gasteiger partial charge in [-0.15, -0.1) is 5.10 Å². The summed E-state index contributed by atoms with van der Waals surface area (Å²) in [5.74, 6) is -0.245. The lowest BCUT2D eigenvalue weighted by Crippen LogP contribution is -2.25. The molecule has 4 aromatic rings. The van der Waals surface area contributed by atoms with Crippen LogP contribution in [0.5, 0.6) is 0 Å². The number of benzene rings is 2. The number of fused-ring (bicyclic) bond motifs is 1. The van der Waals surface area contributed by atoms with E-state index in [9.17, 15) is 4.39 Å². The van der Waals surface area contributed by atoms with Gasteiger partial charge < -0.3 is 10.2 Å². The number of rotatable bonds is 4. The predicted octanol–water partition coefficient (Wildman–Crippen LogP) is 4.29. The molecule has 0 spiro atoms. The summed E-state index contributed by atoms with van der Waals surface area (Å²) in [4.78, 5) is 7.84. The summed E-state index contributed by atoms with van der Waals surface area (Å²) in [6, 6.07) is 17.2. The zero-order valence-corrected chi connectivity index (χ0v) is 15.4. The zero-order chi connectivity index (χ0) is 18.2. The Kier molecular flexibility index (Phi) is 4.01. The van der Waals surface area contributed by atoms with Crippen LogP contribution in [0.2, 0.25) is 0 Å². The highest BCUT2D eigenvalue weighted by Gasteiger charge is 2.23. The van der Waals surface area contributed by atoms with E-state index >= 15 is 0 Å². The number of hydrogen-bond donors (Lipinski definition) is 1. The lowest BCUT2D eigenvalue weighted by molar-refractivity contribution is 0.628. The summed E-state index contributed by atoms with van der Waals surface area (Å²) < 4.78 is 14.9. The minimum atomic E-state index is -0.245. The molecule has 1 fully saturated rings. The molecule has 1 aliphatic heterocycles. The van der Waals surface area contributed by atoms with Crippen molar-refractivity contribution in [2.24, 2.45) is 0 Å². The smallest absolute Gasteiger partial charge is 0.214 e. The molecule has 5 rings (SSSR count). The average molecular weight is 379 g/mol. The van der Waals surface area contributed by atoms with E-state index in [1.165, 1.54) is 29.2 Å². The third-order valence-corrected chi connectivity index (χ3v) is 5.67.